The lowest BCUT2D eigenvalue weighted by Gasteiger charge is -2.09. The van der Waals surface area contributed by atoms with E-state index in [1.807, 2.05) is 13.2 Å². The van der Waals surface area contributed by atoms with Gasteiger partial charge < -0.3 is 5.32 Å². The van der Waals surface area contributed by atoms with Crippen LogP contribution in [-0.4, -0.2) is 16.8 Å². The Hall–Kier alpha value is -1.61. The van der Waals surface area contributed by atoms with Gasteiger partial charge in [0, 0.05) is 23.7 Å². The van der Waals surface area contributed by atoms with Crippen molar-refractivity contribution in [3.63, 3.8) is 0 Å². The highest BCUT2D eigenvalue weighted by molar-refractivity contribution is 5.28. The van der Waals surface area contributed by atoms with Crippen LogP contribution in [0.25, 0.3) is 0 Å². The monoisotopic (exact) mass is 255 g/mol. The first-order chi connectivity index (χ1) is 9.28. The van der Waals surface area contributed by atoms with Gasteiger partial charge in [-0.05, 0) is 32.4 Å². The number of aromatic nitrogens is 2. The molecule has 1 aliphatic rings. The van der Waals surface area contributed by atoms with Crippen LogP contribution in [0.15, 0.2) is 30.5 Å². The molecule has 0 spiro atoms. The summed E-state index contributed by atoms with van der Waals surface area (Å²) in [5.41, 5.74) is 5.43. The van der Waals surface area contributed by atoms with E-state index >= 15 is 0 Å². The molecular weight excluding hydrogens is 234 g/mol. The fourth-order valence-corrected chi connectivity index (χ4v) is 2.58. The lowest BCUT2D eigenvalue weighted by atomic mass is 10.1. The molecule has 3 heteroatoms. The van der Waals surface area contributed by atoms with Gasteiger partial charge in [0.2, 0.25) is 0 Å². The molecule has 0 saturated heterocycles. The molecule has 1 heterocycles. The maximum absolute atomic E-state index is 4.59. The second-order valence-electron chi connectivity index (χ2n) is 5.50. The third-order valence-electron chi connectivity index (χ3n) is 3.74. The summed E-state index contributed by atoms with van der Waals surface area (Å²) in [5.74, 6) is 0.733. The molecule has 1 N–H and O–H groups in total. The zero-order valence-corrected chi connectivity index (χ0v) is 11.7. The molecule has 1 aromatic heterocycles. The standard InChI is InChI=1S/C16H21N3/c1-12-3-5-13(6-4-12)11-19-16(14-7-8-14)15(9-17-2)10-18-19/h3-6,10,14,17H,7-9,11H2,1-2H3. The van der Waals surface area contributed by atoms with E-state index in [9.17, 15) is 0 Å². The van der Waals surface area contributed by atoms with Gasteiger partial charge in [-0.1, -0.05) is 29.8 Å². The van der Waals surface area contributed by atoms with Crippen molar-refractivity contribution in [2.75, 3.05) is 7.05 Å². The maximum Gasteiger partial charge on any atom is 0.0662 e. The highest BCUT2D eigenvalue weighted by Gasteiger charge is 2.29. The number of nitrogens with one attached hydrogen (secondary N) is 1. The second-order valence-corrected chi connectivity index (χ2v) is 5.50. The fourth-order valence-electron chi connectivity index (χ4n) is 2.58. The van der Waals surface area contributed by atoms with E-state index in [1.54, 1.807) is 0 Å². The van der Waals surface area contributed by atoms with Crippen molar-refractivity contribution in [3.05, 3.63) is 52.8 Å². The van der Waals surface area contributed by atoms with E-state index in [-0.39, 0.29) is 0 Å². The third-order valence-corrected chi connectivity index (χ3v) is 3.74. The Balaban J connectivity index is 1.85. The third kappa shape index (κ3) is 2.71. The quantitative estimate of drug-likeness (QED) is 0.890. The molecule has 1 aromatic carbocycles. The summed E-state index contributed by atoms with van der Waals surface area (Å²) >= 11 is 0. The molecule has 0 radical (unpaired) electrons. The summed E-state index contributed by atoms with van der Waals surface area (Å²) in [4.78, 5) is 0. The van der Waals surface area contributed by atoms with Crippen LogP contribution in [0.4, 0.5) is 0 Å². The molecule has 100 valence electrons. The molecule has 0 amide bonds. The van der Waals surface area contributed by atoms with Crippen LogP contribution in [0.5, 0.6) is 0 Å². The molecule has 3 nitrogen and oxygen atoms in total. The van der Waals surface area contributed by atoms with Crippen molar-refractivity contribution in [2.45, 2.75) is 38.8 Å². The van der Waals surface area contributed by atoms with Gasteiger partial charge in [0.15, 0.2) is 0 Å². The van der Waals surface area contributed by atoms with Crippen molar-refractivity contribution in [1.29, 1.82) is 0 Å². The normalized spacial score (nSPS) is 14.8. The largest absolute Gasteiger partial charge is 0.316 e. The minimum atomic E-state index is 0.733. The van der Waals surface area contributed by atoms with Crippen LogP contribution in [-0.2, 0) is 13.1 Å². The number of aryl methyl sites for hydroxylation is 1. The Morgan fingerprint density at radius 2 is 2.00 bits per heavy atom. The first kappa shape index (κ1) is 12.4. The average molecular weight is 255 g/mol. The molecule has 0 atom stereocenters. The summed E-state index contributed by atoms with van der Waals surface area (Å²) < 4.78 is 2.19. The summed E-state index contributed by atoms with van der Waals surface area (Å²) in [6.07, 6.45) is 4.66. The van der Waals surface area contributed by atoms with E-state index in [0.29, 0.717) is 0 Å². The van der Waals surface area contributed by atoms with Gasteiger partial charge in [0.1, 0.15) is 0 Å². The second kappa shape index (κ2) is 5.17. The molecule has 0 bridgehead atoms. The summed E-state index contributed by atoms with van der Waals surface area (Å²) in [7, 11) is 1.99. The van der Waals surface area contributed by atoms with E-state index in [1.165, 1.54) is 35.2 Å². The first-order valence-corrected chi connectivity index (χ1v) is 7.02. The van der Waals surface area contributed by atoms with Crippen LogP contribution in [0, 0.1) is 6.92 Å². The number of hydrogen-bond donors (Lipinski definition) is 1. The lowest BCUT2D eigenvalue weighted by Crippen LogP contribution is -2.10. The molecule has 19 heavy (non-hydrogen) atoms. The van der Waals surface area contributed by atoms with E-state index in [0.717, 1.165) is 19.0 Å². The fraction of sp³-hybridized carbons (Fsp3) is 0.438. The number of nitrogens with zero attached hydrogens (tertiary/aromatic N) is 2. The molecule has 1 aliphatic carbocycles. The predicted molar refractivity (Wildman–Crippen MR) is 77.2 cm³/mol. The van der Waals surface area contributed by atoms with Crippen molar-refractivity contribution in [2.24, 2.45) is 0 Å². The SMILES string of the molecule is CNCc1cnn(Cc2ccc(C)cc2)c1C1CC1. The summed E-state index contributed by atoms with van der Waals surface area (Å²) in [5, 5.41) is 7.83. The average Bonchev–Trinajstić information content (AvgIpc) is 3.17. The van der Waals surface area contributed by atoms with Crippen molar-refractivity contribution in [3.8, 4) is 0 Å². The van der Waals surface area contributed by atoms with Crippen LogP contribution < -0.4 is 5.32 Å². The molecule has 3 rings (SSSR count). The Morgan fingerprint density at radius 3 is 2.63 bits per heavy atom. The van der Waals surface area contributed by atoms with Gasteiger partial charge in [0.25, 0.3) is 0 Å². The number of rotatable bonds is 5. The van der Waals surface area contributed by atoms with Gasteiger partial charge >= 0.3 is 0 Å². The predicted octanol–water partition coefficient (Wildman–Crippen LogP) is 2.84. The summed E-state index contributed by atoms with van der Waals surface area (Å²) in [6, 6.07) is 8.74. The number of hydrogen-bond acceptors (Lipinski definition) is 2. The van der Waals surface area contributed by atoms with Crippen LogP contribution in [0.1, 0.15) is 41.1 Å². The summed E-state index contributed by atoms with van der Waals surface area (Å²) in [6.45, 7) is 3.92. The van der Waals surface area contributed by atoms with E-state index in [4.69, 9.17) is 0 Å². The van der Waals surface area contributed by atoms with Crippen molar-refractivity contribution >= 4 is 0 Å². The van der Waals surface area contributed by atoms with E-state index < -0.39 is 0 Å². The number of benzene rings is 1. The molecular formula is C16H21N3. The molecule has 1 fully saturated rings. The van der Waals surface area contributed by atoms with Crippen molar-refractivity contribution < 1.29 is 0 Å². The maximum atomic E-state index is 4.59. The zero-order chi connectivity index (χ0) is 13.2. The Morgan fingerprint density at radius 1 is 1.26 bits per heavy atom. The van der Waals surface area contributed by atoms with E-state index in [2.05, 4.69) is 46.3 Å². The van der Waals surface area contributed by atoms with Gasteiger partial charge in [0.05, 0.1) is 12.7 Å². The van der Waals surface area contributed by atoms with Gasteiger partial charge in [-0.3, -0.25) is 4.68 Å². The molecule has 0 aliphatic heterocycles. The Kier molecular flexibility index (Phi) is 3.38. The first-order valence-electron chi connectivity index (χ1n) is 7.02. The van der Waals surface area contributed by atoms with Gasteiger partial charge in [-0.2, -0.15) is 5.10 Å². The molecule has 1 saturated carbocycles. The van der Waals surface area contributed by atoms with Crippen LogP contribution in [0.2, 0.25) is 0 Å². The van der Waals surface area contributed by atoms with Crippen LogP contribution in [0.3, 0.4) is 0 Å². The highest BCUT2D eigenvalue weighted by atomic mass is 15.3. The minimum absolute atomic E-state index is 0.733. The smallest absolute Gasteiger partial charge is 0.0662 e. The lowest BCUT2D eigenvalue weighted by molar-refractivity contribution is 0.641. The van der Waals surface area contributed by atoms with Crippen molar-refractivity contribution in [1.82, 2.24) is 15.1 Å². The zero-order valence-electron chi connectivity index (χ0n) is 11.7. The molecule has 0 unspecified atom stereocenters. The van der Waals surface area contributed by atoms with Gasteiger partial charge in [-0.15, -0.1) is 0 Å². The molecule has 2 aromatic rings. The Labute approximate surface area is 114 Å². The topological polar surface area (TPSA) is 29.9 Å². The minimum Gasteiger partial charge on any atom is -0.316 e. The van der Waals surface area contributed by atoms with Gasteiger partial charge in [-0.25, -0.2) is 0 Å². The highest BCUT2D eigenvalue weighted by Crippen LogP contribution is 2.41. The van der Waals surface area contributed by atoms with Crippen LogP contribution >= 0.6 is 0 Å². The Bertz CT molecular complexity index is 550.